The minimum atomic E-state index is -0.0511. The van der Waals surface area contributed by atoms with E-state index in [1.54, 1.807) is 6.20 Å². The molecule has 1 amide bonds. The summed E-state index contributed by atoms with van der Waals surface area (Å²) in [4.78, 5) is 19.8. The zero-order valence-electron chi connectivity index (χ0n) is 16.3. The highest BCUT2D eigenvalue weighted by Crippen LogP contribution is 2.24. The van der Waals surface area contributed by atoms with Gasteiger partial charge in [0.25, 0.3) is 5.91 Å². The molecule has 0 aliphatic carbocycles. The summed E-state index contributed by atoms with van der Waals surface area (Å²) in [5, 5.41) is 8.31. The number of amides is 1. The van der Waals surface area contributed by atoms with Crippen molar-refractivity contribution in [2.45, 2.75) is 53.5 Å². The van der Waals surface area contributed by atoms with Gasteiger partial charge in [0.15, 0.2) is 5.65 Å². The average Bonchev–Trinajstić information content (AvgIpc) is 3.01. The second kappa shape index (κ2) is 8.43. The smallest absolute Gasteiger partial charge is 0.252 e. The molecule has 0 spiro atoms. The van der Waals surface area contributed by atoms with Crippen molar-refractivity contribution < 1.29 is 4.79 Å². The van der Waals surface area contributed by atoms with Gasteiger partial charge < -0.3 is 10.2 Å². The number of aromatic nitrogens is 3. The molecule has 0 saturated carbocycles. The van der Waals surface area contributed by atoms with E-state index in [1.165, 1.54) is 0 Å². The zero-order valence-corrected chi connectivity index (χ0v) is 16.3. The van der Waals surface area contributed by atoms with Crippen LogP contribution in [0.5, 0.6) is 0 Å². The first-order valence-electron chi connectivity index (χ1n) is 9.27. The van der Waals surface area contributed by atoms with Crippen molar-refractivity contribution in [1.29, 1.82) is 0 Å². The summed E-state index contributed by atoms with van der Waals surface area (Å²) >= 11 is 0. The summed E-state index contributed by atoms with van der Waals surface area (Å²) in [7, 11) is 0. The molecule has 1 N–H and O–H groups in total. The molecule has 2 aromatic heterocycles. The molecule has 0 bridgehead atoms. The van der Waals surface area contributed by atoms with Gasteiger partial charge in [-0.2, -0.15) is 5.10 Å². The molecule has 138 valence electrons. The largest absolute Gasteiger partial charge is 0.351 e. The van der Waals surface area contributed by atoms with E-state index in [4.69, 9.17) is 4.98 Å². The third kappa shape index (κ3) is 4.37. The van der Waals surface area contributed by atoms with Crippen LogP contribution in [0.4, 0.5) is 0 Å². The van der Waals surface area contributed by atoms with E-state index in [0.717, 1.165) is 36.4 Å². The Balaban J connectivity index is 2.31. The van der Waals surface area contributed by atoms with Gasteiger partial charge in [0.1, 0.15) is 0 Å². The first kappa shape index (κ1) is 19.4. The molecule has 0 fully saturated rings. The summed E-state index contributed by atoms with van der Waals surface area (Å²) in [5.74, 6) is 0.201. The number of carbonyl (C=O) groups is 1. The predicted octanol–water partition coefficient (Wildman–Crippen LogP) is 3.21. The van der Waals surface area contributed by atoms with E-state index < -0.39 is 0 Å². The molecule has 0 saturated heterocycles. The van der Waals surface area contributed by atoms with Crippen molar-refractivity contribution in [3.63, 3.8) is 0 Å². The lowest BCUT2D eigenvalue weighted by Crippen LogP contribution is -2.34. The molecule has 0 radical (unpaired) electrons. The Labute approximate surface area is 150 Å². The summed E-state index contributed by atoms with van der Waals surface area (Å²) in [6.45, 7) is 16.1. The lowest BCUT2D eigenvalue weighted by molar-refractivity contribution is 0.0950. The van der Waals surface area contributed by atoms with Crippen molar-refractivity contribution in [3.05, 3.63) is 23.5 Å². The van der Waals surface area contributed by atoms with Crippen LogP contribution in [0.15, 0.2) is 12.3 Å². The van der Waals surface area contributed by atoms with Crippen LogP contribution in [0.2, 0.25) is 0 Å². The molecule has 25 heavy (non-hydrogen) atoms. The molecule has 0 unspecified atom stereocenters. The molecule has 6 nitrogen and oxygen atoms in total. The van der Waals surface area contributed by atoms with Crippen LogP contribution in [-0.2, 0) is 0 Å². The third-order valence-electron chi connectivity index (χ3n) is 4.52. The number of pyridine rings is 1. The van der Waals surface area contributed by atoms with E-state index in [-0.39, 0.29) is 17.9 Å². The minimum absolute atomic E-state index is 0.0511. The maximum atomic E-state index is 12.8. The topological polar surface area (TPSA) is 63.1 Å². The highest BCUT2D eigenvalue weighted by molar-refractivity contribution is 6.05. The molecular formula is C19H31N5O. The monoisotopic (exact) mass is 345 g/mol. The fourth-order valence-corrected chi connectivity index (χ4v) is 2.86. The van der Waals surface area contributed by atoms with Crippen molar-refractivity contribution in [1.82, 2.24) is 25.0 Å². The van der Waals surface area contributed by atoms with Crippen molar-refractivity contribution in [2.24, 2.45) is 0 Å². The van der Waals surface area contributed by atoms with Gasteiger partial charge in [-0.3, -0.25) is 4.79 Å². The minimum Gasteiger partial charge on any atom is -0.351 e. The Kier molecular flexibility index (Phi) is 6.53. The number of rotatable bonds is 8. The third-order valence-corrected chi connectivity index (χ3v) is 4.52. The van der Waals surface area contributed by atoms with Gasteiger partial charge in [-0.05, 0) is 38.9 Å². The van der Waals surface area contributed by atoms with Crippen LogP contribution < -0.4 is 5.32 Å². The number of carbonyl (C=O) groups excluding carboxylic acids is 1. The van der Waals surface area contributed by atoms with Crippen LogP contribution in [0.25, 0.3) is 11.0 Å². The summed E-state index contributed by atoms with van der Waals surface area (Å²) in [5.41, 5.74) is 2.37. The average molecular weight is 345 g/mol. The van der Waals surface area contributed by atoms with E-state index in [2.05, 4.69) is 56.9 Å². The van der Waals surface area contributed by atoms with E-state index >= 15 is 0 Å². The van der Waals surface area contributed by atoms with Gasteiger partial charge in [-0.1, -0.05) is 27.7 Å². The van der Waals surface area contributed by atoms with Gasteiger partial charge in [0, 0.05) is 24.8 Å². The van der Waals surface area contributed by atoms with E-state index in [9.17, 15) is 4.79 Å². The van der Waals surface area contributed by atoms with Crippen molar-refractivity contribution in [3.8, 4) is 0 Å². The lowest BCUT2D eigenvalue weighted by Gasteiger charge is -2.18. The molecule has 2 rings (SSSR count). The van der Waals surface area contributed by atoms with Gasteiger partial charge in [0.05, 0.1) is 17.1 Å². The van der Waals surface area contributed by atoms with Crippen LogP contribution in [0, 0.1) is 0 Å². The summed E-state index contributed by atoms with van der Waals surface area (Å²) in [6.07, 6.45) is 1.76. The molecule has 2 aromatic rings. The highest BCUT2D eigenvalue weighted by Gasteiger charge is 2.18. The molecule has 0 aromatic carbocycles. The second-order valence-electron chi connectivity index (χ2n) is 6.95. The SMILES string of the molecule is CCN(CC)CCNC(=O)c1cc(C(C)C)nc2c1cnn2C(C)C. The Morgan fingerprint density at radius 3 is 2.48 bits per heavy atom. The van der Waals surface area contributed by atoms with Crippen molar-refractivity contribution >= 4 is 16.9 Å². The molecular weight excluding hydrogens is 314 g/mol. The van der Waals surface area contributed by atoms with Crippen LogP contribution in [0.1, 0.15) is 69.6 Å². The van der Waals surface area contributed by atoms with Crippen LogP contribution >= 0.6 is 0 Å². The van der Waals surface area contributed by atoms with E-state index in [1.807, 2.05) is 10.7 Å². The highest BCUT2D eigenvalue weighted by atomic mass is 16.1. The van der Waals surface area contributed by atoms with Crippen molar-refractivity contribution in [2.75, 3.05) is 26.2 Å². The standard InChI is InChI=1S/C19H31N5O/c1-7-23(8-2)10-9-20-19(25)15-11-17(13(3)4)22-18-16(15)12-21-24(18)14(5)6/h11-14H,7-10H2,1-6H3,(H,20,25). The first-order chi connectivity index (χ1) is 11.9. The normalized spacial score (nSPS) is 11.9. The lowest BCUT2D eigenvalue weighted by atomic mass is 10.0. The molecule has 0 aliphatic rings. The summed E-state index contributed by atoms with van der Waals surface area (Å²) < 4.78 is 1.88. The fraction of sp³-hybridized carbons (Fsp3) is 0.632. The number of hydrogen-bond donors (Lipinski definition) is 1. The Morgan fingerprint density at radius 2 is 1.92 bits per heavy atom. The number of nitrogens with one attached hydrogen (secondary N) is 1. The zero-order chi connectivity index (χ0) is 18.6. The first-order valence-corrected chi connectivity index (χ1v) is 9.27. The maximum absolute atomic E-state index is 12.8. The molecule has 6 heteroatoms. The molecule has 0 aliphatic heterocycles. The molecule has 2 heterocycles. The van der Waals surface area contributed by atoms with E-state index in [0.29, 0.717) is 12.1 Å². The number of hydrogen-bond acceptors (Lipinski definition) is 4. The van der Waals surface area contributed by atoms with Gasteiger partial charge in [-0.25, -0.2) is 9.67 Å². The number of likely N-dealkylation sites (N-methyl/N-ethyl adjacent to an activating group) is 1. The number of fused-ring (bicyclic) bond motifs is 1. The van der Waals surface area contributed by atoms with Crippen LogP contribution in [-0.4, -0.2) is 51.8 Å². The van der Waals surface area contributed by atoms with Gasteiger partial charge >= 0.3 is 0 Å². The van der Waals surface area contributed by atoms with Crippen LogP contribution in [0.3, 0.4) is 0 Å². The quantitative estimate of drug-likeness (QED) is 0.798. The number of nitrogens with zero attached hydrogens (tertiary/aromatic N) is 4. The Hall–Kier alpha value is -1.95. The van der Waals surface area contributed by atoms with Gasteiger partial charge in [0.2, 0.25) is 0 Å². The second-order valence-corrected chi connectivity index (χ2v) is 6.95. The Morgan fingerprint density at radius 1 is 1.24 bits per heavy atom. The maximum Gasteiger partial charge on any atom is 0.252 e. The fourth-order valence-electron chi connectivity index (χ4n) is 2.86. The molecule has 0 atom stereocenters. The summed E-state index contributed by atoms with van der Waals surface area (Å²) in [6, 6.07) is 2.11. The Bertz CT molecular complexity index is 716. The van der Waals surface area contributed by atoms with Gasteiger partial charge in [-0.15, -0.1) is 0 Å². The predicted molar refractivity (Wildman–Crippen MR) is 102 cm³/mol.